The van der Waals surface area contributed by atoms with Crippen molar-refractivity contribution < 1.29 is 26.7 Å². The number of H-pyrrole nitrogens is 1. The van der Waals surface area contributed by atoms with Gasteiger partial charge in [0.15, 0.2) is 0 Å². The van der Waals surface area contributed by atoms with Gasteiger partial charge in [0.2, 0.25) is 0 Å². The minimum Gasteiger partial charge on any atom is -0.489 e. The van der Waals surface area contributed by atoms with E-state index in [1.165, 1.54) is 6.07 Å². The molecule has 166 valence electrons. The smallest absolute Gasteiger partial charge is 0.416 e. The lowest BCUT2D eigenvalue weighted by Crippen LogP contribution is -2.04. The van der Waals surface area contributed by atoms with Crippen LogP contribution in [0.1, 0.15) is 41.8 Å². The first-order valence-corrected chi connectivity index (χ1v) is 9.98. The van der Waals surface area contributed by atoms with Gasteiger partial charge in [-0.3, -0.25) is 0 Å². The van der Waals surface area contributed by atoms with Crippen molar-refractivity contribution in [1.29, 1.82) is 0 Å². The van der Waals surface area contributed by atoms with Crippen molar-refractivity contribution in [2.45, 2.75) is 32.0 Å². The predicted molar refractivity (Wildman–Crippen MR) is 110 cm³/mol. The summed E-state index contributed by atoms with van der Waals surface area (Å²) < 4.78 is 71.5. The summed E-state index contributed by atoms with van der Waals surface area (Å²) in [6, 6.07) is 13.7. The molecule has 0 bridgehead atoms. The number of alkyl halides is 3. The average Bonchev–Trinajstić information content (AvgIpc) is 3.18. The number of nitrogens with zero attached hydrogens (tertiary/aromatic N) is 1. The molecule has 0 saturated heterocycles. The number of nitrogens with one attached hydrogen (secondary N) is 1. The Bertz CT molecular complexity index is 1230. The lowest BCUT2D eigenvalue weighted by Gasteiger charge is -2.14. The van der Waals surface area contributed by atoms with Crippen LogP contribution in [0.5, 0.6) is 5.75 Å². The van der Waals surface area contributed by atoms with Crippen LogP contribution in [-0.2, 0) is 12.8 Å². The van der Waals surface area contributed by atoms with Gasteiger partial charge in [-0.05, 0) is 60.5 Å². The summed E-state index contributed by atoms with van der Waals surface area (Å²) in [5.74, 6) is -0.206. The van der Waals surface area contributed by atoms with Gasteiger partial charge < -0.3 is 9.72 Å². The monoisotopic (exact) mass is 446 g/mol. The van der Waals surface area contributed by atoms with E-state index < -0.39 is 23.4 Å². The molecule has 4 rings (SSSR count). The predicted octanol–water partition coefficient (Wildman–Crippen LogP) is 6.98. The van der Waals surface area contributed by atoms with Crippen LogP contribution >= 0.6 is 0 Å². The van der Waals surface area contributed by atoms with Crippen LogP contribution in [0.15, 0.2) is 60.7 Å². The molecule has 0 spiro atoms. The third kappa shape index (κ3) is 4.59. The van der Waals surface area contributed by atoms with Gasteiger partial charge in [0.05, 0.1) is 16.6 Å². The van der Waals surface area contributed by atoms with Crippen molar-refractivity contribution in [3.05, 3.63) is 94.8 Å². The number of ether oxygens (including phenoxy) is 1. The molecule has 0 fully saturated rings. The summed E-state index contributed by atoms with van der Waals surface area (Å²) in [5, 5.41) is 0. The first kappa shape index (κ1) is 21.8. The molecule has 3 aromatic carbocycles. The number of benzene rings is 3. The van der Waals surface area contributed by atoms with Gasteiger partial charge in [-0.25, -0.2) is 13.8 Å². The van der Waals surface area contributed by atoms with Crippen molar-refractivity contribution in [2.75, 3.05) is 0 Å². The van der Waals surface area contributed by atoms with E-state index in [4.69, 9.17) is 4.74 Å². The van der Waals surface area contributed by atoms with Crippen LogP contribution in [0.2, 0.25) is 0 Å². The van der Waals surface area contributed by atoms with Gasteiger partial charge in [-0.2, -0.15) is 13.2 Å². The van der Waals surface area contributed by atoms with E-state index in [1.54, 1.807) is 12.1 Å². The molecule has 1 atom stereocenters. The number of rotatable bonds is 6. The minimum atomic E-state index is -4.42. The van der Waals surface area contributed by atoms with Crippen LogP contribution in [0.4, 0.5) is 22.0 Å². The quantitative estimate of drug-likeness (QED) is 0.325. The molecule has 0 amide bonds. The minimum absolute atomic E-state index is 0.112. The zero-order valence-electron chi connectivity index (χ0n) is 17.0. The lowest BCUT2D eigenvalue weighted by atomic mass is 9.96. The molecule has 0 aliphatic rings. The maximum atomic E-state index is 13.7. The van der Waals surface area contributed by atoms with Crippen molar-refractivity contribution in [3.8, 4) is 5.75 Å². The highest BCUT2D eigenvalue weighted by Crippen LogP contribution is 2.33. The molecule has 0 aliphatic heterocycles. The number of halogens is 5. The van der Waals surface area contributed by atoms with Gasteiger partial charge >= 0.3 is 6.18 Å². The van der Waals surface area contributed by atoms with Gasteiger partial charge in [0, 0.05) is 11.5 Å². The van der Waals surface area contributed by atoms with Crippen molar-refractivity contribution in [1.82, 2.24) is 9.97 Å². The number of hydrogen-bond acceptors (Lipinski definition) is 2. The summed E-state index contributed by atoms with van der Waals surface area (Å²) in [4.78, 5) is 7.48. The van der Waals surface area contributed by atoms with Gasteiger partial charge in [-0.15, -0.1) is 0 Å². The molecule has 1 aromatic heterocycles. The molecule has 3 nitrogen and oxygen atoms in total. The van der Waals surface area contributed by atoms with E-state index >= 15 is 0 Å². The molecule has 0 radical (unpaired) electrons. The van der Waals surface area contributed by atoms with Crippen molar-refractivity contribution >= 4 is 11.0 Å². The van der Waals surface area contributed by atoms with Crippen LogP contribution in [0.3, 0.4) is 0 Å². The Kier molecular flexibility index (Phi) is 5.86. The van der Waals surface area contributed by atoms with E-state index in [9.17, 15) is 22.0 Å². The first-order valence-electron chi connectivity index (χ1n) is 9.98. The van der Waals surface area contributed by atoms with Gasteiger partial charge in [-0.1, -0.05) is 19.1 Å². The molecule has 0 saturated carbocycles. The summed E-state index contributed by atoms with van der Waals surface area (Å²) in [5.41, 5.74) is 1.06. The Morgan fingerprint density at radius 1 is 0.969 bits per heavy atom. The highest BCUT2D eigenvalue weighted by Gasteiger charge is 2.31. The standard InChI is InChI=1S/C24H19F5N2O/c1-2-19(23-30-21-10-5-16(24(27,28)29)12-22(21)31-23)14-3-7-18(8-4-14)32-13-15-11-17(25)6-9-20(15)26/h3-12,19H,2,13H2,1H3,(H,30,31). The largest absolute Gasteiger partial charge is 0.489 e. The average molecular weight is 446 g/mol. The lowest BCUT2D eigenvalue weighted by molar-refractivity contribution is -0.137. The second-order valence-corrected chi connectivity index (χ2v) is 7.41. The van der Waals surface area contributed by atoms with E-state index in [0.29, 0.717) is 29.0 Å². The van der Waals surface area contributed by atoms with Crippen LogP contribution in [0.25, 0.3) is 11.0 Å². The van der Waals surface area contributed by atoms with Crippen molar-refractivity contribution in [2.24, 2.45) is 0 Å². The summed E-state index contributed by atoms with van der Waals surface area (Å²) >= 11 is 0. The van der Waals surface area contributed by atoms with E-state index in [1.807, 2.05) is 19.1 Å². The molecule has 1 heterocycles. The number of hydrogen-bond donors (Lipinski definition) is 1. The first-order chi connectivity index (χ1) is 15.2. The molecular formula is C24H19F5N2O. The Hall–Kier alpha value is -3.42. The second kappa shape index (κ2) is 8.61. The molecule has 32 heavy (non-hydrogen) atoms. The molecule has 1 N–H and O–H groups in total. The maximum absolute atomic E-state index is 13.7. The third-order valence-corrected chi connectivity index (χ3v) is 5.25. The summed E-state index contributed by atoms with van der Waals surface area (Å²) in [6.45, 7) is 1.83. The molecule has 1 unspecified atom stereocenters. The fourth-order valence-electron chi connectivity index (χ4n) is 3.57. The molecule has 8 heteroatoms. The van der Waals surface area contributed by atoms with Gasteiger partial charge in [0.25, 0.3) is 0 Å². The Labute approximate surface area is 180 Å². The van der Waals surface area contributed by atoms with Crippen LogP contribution in [0, 0.1) is 11.6 Å². The van der Waals surface area contributed by atoms with E-state index in [2.05, 4.69) is 9.97 Å². The fraction of sp³-hybridized carbons (Fsp3) is 0.208. The maximum Gasteiger partial charge on any atom is 0.416 e. The number of aromatic nitrogens is 2. The molecule has 0 aliphatic carbocycles. The highest BCUT2D eigenvalue weighted by atomic mass is 19.4. The number of fused-ring (bicyclic) bond motifs is 1. The SMILES string of the molecule is CCC(c1ccc(OCc2cc(F)ccc2F)cc1)c1nc2ccc(C(F)(F)F)cc2[nH]1. The fourth-order valence-corrected chi connectivity index (χ4v) is 3.57. The zero-order valence-corrected chi connectivity index (χ0v) is 17.0. The third-order valence-electron chi connectivity index (χ3n) is 5.25. The van der Waals surface area contributed by atoms with Crippen LogP contribution in [-0.4, -0.2) is 9.97 Å². The normalized spacial score (nSPS) is 12.8. The second-order valence-electron chi connectivity index (χ2n) is 7.41. The molecular weight excluding hydrogens is 427 g/mol. The van der Waals surface area contributed by atoms with E-state index in [-0.39, 0.29) is 18.1 Å². The molecule has 4 aromatic rings. The van der Waals surface area contributed by atoms with E-state index in [0.717, 1.165) is 35.9 Å². The summed E-state index contributed by atoms with van der Waals surface area (Å²) in [6.07, 6.45) is -3.76. The summed E-state index contributed by atoms with van der Waals surface area (Å²) in [7, 11) is 0. The highest BCUT2D eigenvalue weighted by molar-refractivity contribution is 5.76. The van der Waals surface area contributed by atoms with Crippen molar-refractivity contribution in [3.63, 3.8) is 0 Å². The van der Waals surface area contributed by atoms with Crippen LogP contribution < -0.4 is 4.74 Å². The number of aromatic amines is 1. The Morgan fingerprint density at radius 2 is 1.72 bits per heavy atom. The Balaban J connectivity index is 1.52. The zero-order chi connectivity index (χ0) is 22.9. The topological polar surface area (TPSA) is 37.9 Å². The number of imidazole rings is 1. The Morgan fingerprint density at radius 3 is 2.41 bits per heavy atom. The van der Waals surface area contributed by atoms with Gasteiger partial charge in [0.1, 0.15) is 29.8 Å².